The molecule has 0 aromatic carbocycles. The van der Waals surface area contributed by atoms with Crippen LogP contribution in [0.5, 0.6) is 0 Å². The van der Waals surface area contributed by atoms with Gasteiger partial charge in [0.25, 0.3) is 0 Å². The summed E-state index contributed by atoms with van der Waals surface area (Å²) < 4.78 is 5.66. The molecule has 0 aromatic rings. The minimum absolute atomic E-state index is 0.0199. The monoisotopic (exact) mass is 376 g/mol. The molecule has 0 radical (unpaired) electrons. The first-order chi connectivity index (χ1) is 12.3. The van der Waals surface area contributed by atoms with Gasteiger partial charge < -0.3 is 20.1 Å². The van der Waals surface area contributed by atoms with E-state index in [9.17, 15) is 15.3 Å². The first-order valence-corrected chi connectivity index (χ1v) is 10.5. The van der Waals surface area contributed by atoms with Gasteiger partial charge in [-0.15, -0.1) is 0 Å². The first kappa shape index (κ1) is 19.6. The van der Waals surface area contributed by atoms with Gasteiger partial charge in [-0.1, -0.05) is 38.5 Å². The van der Waals surface area contributed by atoms with Crippen molar-refractivity contribution in [3.05, 3.63) is 23.3 Å². The number of rotatable bonds is 3. The minimum atomic E-state index is -1.21. The highest BCUT2D eigenvalue weighted by Gasteiger charge is 2.71. The summed E-state index contributed by atoms with van der Waals surface area (Å²) in [6.45, 7) is 12.5. The molecule has 5 unspecified atom stereocenters. The molecule has 1 spiro atoms. The summed E-state index contributed by atoms with van der Waals surface area (Å²) in [6, 6.07) is 0. The van der Waals surface area contributed by atoms with Crippen LogP contribution >= 0.6 is 0 Å². The second kappa shape index (κ2) is 5.69. The molecule has 152 valence electrons. The van der Waals surface area contributed by atoms with Crippen molar-refractivity contribution >= 4 is 0 Å². The fourth-order valence-electron chi connectivity index (χ4n) is 7.04. The van der Waals surface area contributed by atoms with Crippen LogP contribution < -0.4 is 0 Å². The molecule has 4 nitrogen and oxygen atoms in total. The maximum atomic E-state index is 11.9. The standard InChI is InChI=1S/C23H36O4/c1-13-9-22(26)11-15(12-27-21(5,6)25)8-16-18-17(20(18,3)4)7-14(2)23(22,10-13)19(16)24/h8,10,14,16-19,24-26H,7,9,11-12H2,1-6H3/t14-,16?,17?,18?,19?,22?,23+/m1/s1. The number of aliphatic hydroxyl groups excluding tert-OH is 1. The van der Waals surface area contributed by atoms with E-state index < -0.39 is 22.9 Å². The third-order valence-electron chi connectivity index (χ3n) is 8.25. The van der Waals surface area contributed by atoms with E-state index in [0.29, 0.717) is 24.7 Å². The summed E-state index contributed by atoms with van der Waals surface area (Å²) in [4.78, 5) is 0. The molecule has 2 saturated carbocycles. The number of aliphatic hydroxyl groups is 3. The fourth-order valence-corrected chi connectivity index (χ4v) is 7.04. The van der Waals surface area contributed by atoms with Crippen molar-refractivity contribution in [2.45, 2.75) is 78.3 Å². The topological polar surface area (TPSA) is 69.9 Å². The third kappa shape index (κ3) is 2.71. The highest BCUT2D eigenvalue weighted by molar-refractivity contribution is 5.37. The van der Waals surface area contributed by atoms with E-state index in [-0.39, 0.29) is 23.9 Å². The van der Waals surface area contributed by atoms with Crippen molar-refractivity contribution < 1.29 is 20.1 Å². The molecule has 4 aliphatic rings. The van der Waals surface area contributed by atoms with Gasteiger partial charge in [-0.25, -0.2) is 0 Å². The van der Waals surface area contributed by atoms with Crippen LogP contribution in [-0.2, 0) is 4.74 Å². The van der Waals surface area contributed by atoms with Gasteiger partial charge in [0.15, 0.2) is 5.79 Å². The van der Waals surface area contributed by atoms with E-state index in [1.165, 1.54) is 5.57 Å². The predicted molar refractivity (Wildman–Crippen MR) is 105 cm³/mol. The molecule has 0 saturated heterocycles. The lowest BCUT2D eigenvalue weighted by Gasteiger charge is -2.49. The molecule has 27 heavy (non-hydrogen) atoms. The van der Waals surface area contributed by atoms with Crippen molar-refractivity contribution in [2.24, 2.45) is 34.5 Å². The zero-order valence-electron chi connectivity index (χ0n) is 17.6. The van der Waals surface area contributed by atoms with E-state index >= 15 is 0 Å². The van der Waals surface area contributed by atoms with Crippen LogP contribution in [0, 0.1) is 34.5 Å². The van der Waals surface area contributed by atoms with E-state index in [1.807, 2.05) is 0 Å². The van der Waals surface area contributed by atoms with Crippen molar-refractivity contribution in [3.63, 3.8) is 0 Å². The van der Waals surface area contributed by atoms with Crippen molar-refractivity contribution in [1.82, 2.24) is 0 Å². The summed E-state index contributed by atoms with van der Waals surface area (Å²) >= 11 is 0. The van der Waals surface area contributed by atoms with E-state index in [1.54, 1.807) is 13.8 Å². The largest absolute Gasteiger partial charge is 0.391 e. The zero-order chi connectivity index (χ0) is 20.0. The smallest absolute Gasteiger partial charge is 0.160 e. The molecule has 0 amide bonds. The summed E-state index contributed by atoms with van der Waals surface area (Å²) in [7, 11) is 0. The summed E-state index contributed by atoms with van der Waals surface area (Å²) in [6.07, 6.45) is 5.93. The van der Waals surface area contributed by atoms with Crippen LogP contribution in [0.4, 0.5) is 0 Å². The van der Waals surface area contributed by atoms with Gasteiger partial charge in [0.2, 0.25) is 0 Å². The van der Waals surface area contributed by atoms with Crippen LogP contribution in [0.3, 0.4) is 0 Å². The Balaban J connectivity index is 1.79. The Bertz CT molecular complexity index is 700. The van der Waals surface area contributed by atoms with Crippen molar-refractivity contribution in [3.8, 4) is 0 Å². The molecule has 2 bridgehead atoms. The summed E-state index contributed by atoms with van der Waals surface area (Å²) in [5.74, 6) is 0.0408. The molecular formula is C23H36O4. The van der Waals surface area contributed by atoms with Gasteiger partial charge in [-0.05, 0) is 62.4 Å². The number of hydrogen-bond donors (Lipinski definition) is 3. The first-order valence-electron chi connectivity index (χ1n) is 10.5. The average Bonchev–Trinajstić information content (AvgIpc) is 2.97. The highest BCUT2D eigenvalue weighted by atomic mass is 16.6. The normalized spacial score (nSPS) is 48.0. The van der Waals surface area contributed by atoms with Crippen molar-refractivity contribution in [1.29, 1.82) is 0 Å². The molecule has 4 aliphatic carbocycles. The molecule has 0 aliphatic heterocycles. The lowest BCUT2D eigenvalue weighted by Crippen LogP contribution is -2.56. The molecule has 0 heterocycles. The van der Waals surface area contributed by atoms with E-state index in [4.69, 9.17) is 4.74 Å². The molecule has 2 fully saturated rings. The van der Waals surface area contributed by atoms with Gasteiger partial charge in [-0.2, -0.15) is 0 Å². The molecule has 7 atom stereocenters. The number of ether oxygens (including phenoxy) is 1. The number of hydrogen-bond acceptors (Lipinski definition) is 4. The Morgan fingerprint density at radius 3 is 2.56 bits per heavy atom. The Hall–Kier alpha value is -0.680. The Labute approximate surface area is 163 Å². The minimum Gasteiger partial charge on any atom is -0.391 e. The second-order valence-electron chi connectivity index (χ2n) is 11.0. The Kier molecular flexibility index (Phi) is 4.13. The predicted octanol–water partition coefficient (Wildman–Crippen LogP) is 3.42. The van der Waals surface area contributed by atoms with Crippen LogP contribution in [0.25, 0.3) is 0 Å². The molecule has 3 N–H and O–H groups in total. The summed E-state index contributed by atoms with van der Waals surface area (Å²) in [5.41, 5.74) is 0.810. The van der Waals surface area contributed by atoms with Crippen LogP contribution in [0.15, 0.2) is 23.3 Å². The lowest BCUT2D eigenvalue weighted by atomic mass is 9.59. The Morgan fingerprint density at radius 1 is 1.26 bits per heavy atom. The quantitative estimate of drug-likeness (QED) is 0.521. The maximum Gasteiger partial charge on any atom is 0.160 e. The second-order valence-corrected chi connectivity index (χ2v) is 11.0. The van der Waals surface area contributed by atoms with E-state index in [0.717, 1.165) is 12.0 Å². The van der Waals surface area contributed by atoms with Crippen LogP contribution in [0.2, 0.25) is 0 Å². The molecule has 4 rings (SSSR count). The van der Waals surface area contributed by atoms with Crippen molar-refractivity contribution in [2.75, 3.05) is 6.61 Å². The molecular weight excluding hydrogens is 340 g/mol. The molecule has 4 heteroatoms. The van der Waals surface area contributed by atoms with Crippen LogP contribution in [-0.4, -0.2) is 39.4 Å². The van der Waals surface area contributed by atoms with Gasteiger partial charge in [0.1, 0.15) is 0 Å². The Morgan fingerprint density at radius 2 is 1.93 bits per heavy atom. The van der Waals surface area contributed by atoms with Gasteiger partial charge in [0.05, 0.1) is 18.3 Å². The lowest BCUT2D eigenvalue weighted by molar-refractivity contribution is -0.172. The number of fused-ring (bicyclic) bond motifs is 3. The van der Waals surface area contributed by atoms with Gasteiger partial charge >= 0.3 is 0 Å². The fraction of sp³-hybridized carbons (Fsp3) is 0.826. The third-order valence-corrected chi connectivity index (χ3v) is 8.25. The SMILES string of the molecule is CC1=C[C@]23C(O)C(C=C(COC(C)(C)O)CC2(O)C1)C1C(C[C@H]3C)C1(C)C. The summed E-state index contributed by atoms with van der Waals surface area (Å²) in [5, 5.41) is 33.6. The van der Waals surface area contributed by atoms with Crippen LogP contribution in [0.1, 0.15) is 60.8 Å². The molecule has 0 aromatic heterocycles. The van der Waals surface area contributed by atoms with E-state index in [2.05, 4.69) is 39.8 Å². The average molecular weight is 377 g/mol. The van der Waals surface area contributed by atoms with Gasteiger partial charge in [0, 0.05) is 17.8 Å². The zero-order valence-corrected chi connectivity index (χ0v) is 17.6. The highest BCUT2D eigenvalue weighted by Crippen LogP contribution is 2.72. The van der Waals surface area contributed by atoms with Gasteiger partial charge in [-0.3, -0.25) is 0 Å². The maximum absolute atomic E-state index is 11.9.